The third-order valence-corrected chi connectivity index (χ3v) is 4.61. The average molecular weight is 419 g/mol. The standard InChI is InChI=1S/C18H12F3N5O4/c1-28-10-3-5-14-12(7-10)17(8-29-16(24-17)23-15(27)18(19,20)21)11-6-9(25-26-22)2-4-13(11)30-14/h2-7H,8H2,1H3,(H,23,24,27). The summed E-state index contributed by atoms with van der Waals surface area (Å²) < 4.78 is 54.4. The second-order valence-corrected chi connectivity index (χ2v) is 6.35. The van der Waals surface area contributed by atoms with Crippen molar-refractivity contribution in [3.05, 3.63) is 58.0 Å². The predicted molar refractivity (Wildman–Crippen MR) is 96.7 cm³/mol. The van der Waals surface area contributed by atoms with Gasteiger partial charge >= 0.3 is 12.1 Å². The quantitative estimate of drug-likeness (QED) is 0.449. The van der Waals surface area contributed by atoms with Crippen LogP contribution in [0.4, 0.5) is 18.9 Å². The van der Waals surface area contributed by atoms with Gasteiger partial charge in [0, 0.05) is 21.7 Å². The van der Waals surface area contributed by atoms with Gasteiger partial charge in [-0.05, 0) is 41.9 Å². The molecular weight excluding hydrogens is 407 g/mol. The highest BCUT2D eigenvalue weighted by Crippen LogP contribution is 2.52. The number of alkyl halides is 3. The predicted octanol–water partition coefficient (Wildman–Crippen LogP) is 4.05. The largest absolute Gasteiger partial charge is 0.497 e. The van der Waals surface area contributed by atoms with Crippen molar-refractivity contribution in [1.82, 2.24) is 5.32 Å². The van der Waals surface area contributed by atoms with E-state index in [1.54, 1.807) is 29.6 Å². The Bertz CT molecular complexity index is 1130. The molecule has 1 unspecified atom stereocenters. The normalized spacial score (nSPS) is 18.9. The maximum Gasteiger partial charge on any atom is 0.471 e. The van der Waals surface area contributed by atoms with Crippen LogP contribution in [-0.4, -0.2) is 31.8 Å². The van der Waals surface area contributed by atoms with E-state index in [-0.39, 0.29) is 12.3 Å². The Morgan fingerprint density at radius 2 is 1.97 bits per heavy atom. The van der Waals surface area contributed by atoms with E-state index in [0.717, 1.165) is 0 Å². The number of methoxy groups -OCH3 is 1. The van der Waals surface area contributed by atoms with Crippen LogP contribution in [0.25, 0.3) is 10.4 Å². The van der Waals surface area contributed by atoms with Crippen LogP contribution >= 0.6 is 0 Å². The smallest absolute Gasteiger partial charge is 0.471 e. The van der Waals surface area contributed by atoms with E-state index >= 15 is 0 Å². The molecule has 2 aromatic rings. The van der Waals surface area contributed by atoms with Gasteiger partial charge in [0.05, 0.1) is 7.11 Å². The zero-order valence-corrected chi connectivity index (χ0v) is 15.2. The highest BCUT2D eigenvalue weighted by Gasteiger charge is 2.49. The van der Waals surface area contributed by atoms with E-state index < -0.39 is 23.6 Å². The van der Waals surface area contributed by atoms with Crippen LogP contribution in [0.5, 0.6) is 17.2 Å². The lowest BCUT2D eigenvalue weighted by Crippen LogP contribution is -2.40. The Hall–Kier alpha value is -3.92. The molecule has 4 rings (SSSR count). The van der Waals surface area contributed by atoms with E-state index in [1.807, 2.05) is 0 Å². The summed E-state index contributed by atoms with van der Waals surface area (Å²) in [5.41, 5.74) is 8.46. The fraction of sp³-hybridized carbons (Fsp3) is 0.222. The van der Waals surface area contributed by atoms with Crippen LogP contribution in [0, 0.1) is 0 Å². The topological polar surface area (TPSA) is 118 Å². The first kappa shape index (κ1) is 19.4. The Morgan fingerprint density at radius 1 is 1.27 bits per heavy atom. The summed E-state index contributed by atoms with van der Waals surface area (Å²) in [5.74, 6) is -1.02. The molecule has 0 fully saturated rings. The van der Waals surface area contributed by atoms with Gasteiger partial charge in [0.1, 0.15) is 23.9 Å². The van der Waals surface area contributed by atoms with E-state index in [4.69, 9.17) is 19.7 Å². The monoisotopic (exact) mass is 419 g/mol. The molecule has 9 nitrogen and oxygen atoms in total. The molecule has 1 spiro atoms. The highest BCUT2D eigenvalue weighted by atomic mass is 19.4. The molecule has 0 saturated carbocycles. The average Bonchev–Trinajstić information content (AvgIpc) is 3.12. The Labute approximate surface area is 166 Å². The van der Waals surface area contributed by atoms with Crippen LogP contribution in [0.15, 0.2) is 46.5 Å². The summed E-state index contributed by atoms with van der Waals surface area (Å²) in [5, 5.41) is 5.18. The minimum absolute atomic E-state index is 0.225. The second-order valence-electron chi connectivity index (χ2n) is 6.35. The number of hydrogen-bond acceptors (Lipinski definition) is 6. The Morgan fingerprint density at radius 3 is 2.63 bits per heavy atom. The second kappa shape index (κ2) is 6.85. The SMILES string of the molecule is COc1ccc2c(c1)C1(COC(NC(=O)C(F)(F)F)=N1)c1cc(N=[N+]=[N-])ccc1O2. The summed E-state index contributed by atoms with van der Waals surface area (Å²) in [6.45, 7) is -0.225. The van der Waals surface area contributed by atoms with E-state index in [1.165, 1.54) is 19.2 Å². The van der Waals surface area contributed by atoms with Gasteiger partial charge in [-0.2, -0.15) is 13.2 Å². The maximum absolute atomic E-state index is 12.6. The lowest BCUT2D eigenvalue weighted by molar-refractivity contribution is -0.172. The molecule has 0 radical (unpaired) electrons. The fourth-order valence-corrected chi connectivity index (χ4v) is 3.27. The van der Waals surface area contributed by atoms with Crippen molar-refractivity contribution in [2.75, 3.05) is 13.7 Å². The van der Waals surface area contributed by atoms with Gasteiger partial charge in [-0.25, -0.2) is 4.99 Å². The molecule has 1 amide bonds. The third kappa shape index (κ3) is 3.12. The summed E-state index contributed by atoms with van der Waals surface area (Å²) in [6.07, 6.45) is -5.11. The van der Waals surface area contributed by atoms with E-state index in [9.17, 15) is 18.0 Å². The molecule has 0 saturated heterocycles. The first-order valence-electron chi connectivity index (χ1n) is 8.43. The number of rotatable bonds is 2. The van der Waals surface area contributed by atoms with E-state index in [0.29, 0.717) is 28.4 Å². The number of azide groups is 1. The van der Waals surface area contributed by atoms with Crippen LogP contribution in [-0.2, 0) is 15.1 Å². The van der Waals surface area contributed by atoms with Gasteiger partial charge in [-0.1, -0.05) is 5.11 Å². The third-order valence-electron chi connectivity index (χ3n) is 4.61. The molecule has 2 aliphatic rings. The summed E-state index contributed by atoms with van der Waals surface area (Å²) in [7, 11) is 1.45. The molecule has 154 valence electrons. The van der Waals surface area contributed by atoms with Crippen LogP contribution in [0.2, 0.25) is 0 Å². The number of aliphatic imine (C=N–C) groups is 1. The molecule has 2 aromatic carbocycles. The first-order chi connectivity index (χ1) is 14.3. The lowest BCUT2D eigenvalue weighted by Gasteiger charge is -2.33. The molecule has 30 heavy (non-hydrogen) atoms. The minimum Gasteiger partial charge on any atom is -0.497 e. The van der Waals surface area contributed by atoms with E-state index in [2.05, 4.69) is 15.0 Å². The van der Waals surface area contributed by atoms with Gasteiger partial charge in [-0.3, -0.25) is 10.1 Å². The zero-order valence-electron chi connectivity index (χ0n) is 15.2. The molecule has 0 aliphatic carbocycles. The number of halogens is 3. The van der Waals surface area contributed by atoms with Crippen LogP contribution in [0.1, 0.15) is 11.1 Å². The Kier molecular flexibility index (Phi) is 4.43. The van der Waals surface area contributed by atoms with Gasteiger partial charge in [0.2, 0.25) is 0 Å². The number of hydrogen-bond donors (Lipinski definition) is 1. The summed E-state index contributed by atoms with van der Waals surface area (Å²) in [4.78, 5) is 18.3. The molecule has 0 bridgehead atoms. The van der Waals surface area contributed by atoms with Crippen molar-refractivity contribution in [1.29, 1.82) is 0 Å². The van der Waals surface area contributed by atoms with Crippen molar-refractivity contribution < 1.29 is 32.2 Å². The van der Waals surface area contributed by atoms with Crippen molar-refractivity contribution in [3.63, 3.8) is 0 Å². The molecule has 1 N–H and O–H groups in total. The lowest BCUT2D eigenvalue weighted by atomic mass is 9.81. The fourth-order valence-electron chi connectivity index (χ4n) is 3.27. The zero-order chi connectivity index (χ0) is 21.5. The van der Waals surface area contributed by atoms with Crippen molar-refractivity contribution in [2.24, 2.45) is 10.1 Å². The van der Waals surface area contributed by atoms with Gasteiger partial charge in [0.15, 0.2) is 5.54 Å². The number of nitrogens with zero attached hydrogens (tertiary/aromatic N) is 4. The highest BCUT2D eigenvalue weighted by molar-refractivity contribution is 5.98. The molecule has 12 heteroatoms. The number of fused-ring (bicyclic) bond motifs is 4. The molecule has 0 aromatic heterocycles. The molecule has 1 atom stereocenters. The van der Waals surface area contributed by atoms with Gasteiger partial charge < -0.3 is 14.2 Å². The van der Waals surface area contributed by atoms with Crippen LogP contribution < -0.4 is 14.8 Å². The van der Waals surface area contributed by atoms with Crippen molar-refractivity contribution in [3.8, 4) is 17.2 Å². The molecular formula is C18H12F3N5O4. The Balaban J connectivity index is 1.88. The number of benzene rings is 2. The minimum atomic E-state index is -5.11. The van der Waals surface area contributed by atoms with Crippen LogP contribution in [0.3, 0.4) is 0 Å². The van der Waals surface area contributed by atoms with Crippen molar-refractivity contribution >= 4 is 17.6 Å². The number of carbonyl (C=O) groups excluding carboxylic acids is 1. The molecule has 2 heterocycles. The number of amides is 1. The number of nitrogens with one attached hydrogen (secondary N) is 1. The maximum atomic E-state index is 12.6. The first-order valence-corrected chi connectivity index (χ1v) is 8.43. The van der Waals surface area contributed by atoms with Gasteiger partial charge in [-0.15, -0.1) is 0 Å². The number of ether oxygens (including phenoxy) is 3. The van der Waals surface area contributed by atoms with Crippen molar-refractivity contribution in [2.45, 2.75) is 11.7 Å². The van der Waals surface area contributed by atoms with Gasteiger partial charge in [0.25, 0.3) is 6.02 Å². The number of amidine groups is 1. The summed E-state index contributed by atoms with van der Waals surface area (Å²) in [6, 6.07) is 8.87. The number of carbonyl (C=O) groups is 1. The summed E-state index contributed by atoms with van der Waals surface area (Å²) >= 11 is 0. The molecule has 2 aliphatic heterocycles.